The van der Waals surface area contributed by atoms with Crippen molar-refractivity contribution in [2.75, 3.05) is 54.1 Å². The lowest BCUT2D eigenvalue weighted by Crippen LogP contribution is -2.55. The van der Waals surface area contributed by atoms with Crippen LogP contribution in [0.2, 0.25) is 0 Å². The number of carboxylic acid groups (broad SMARTS) is 2. The Hall–Kier alpha value is -3.56. The summed E-state index contributed by atoms with van der Waals surface area (Å²) in [5.41, 5.74) is 1.31. The first-order chi connectivity index (χ1) is 30.5. The van der Waals surface area contributed by atoms with Gasteiger partial charge in [0.05, 0.1) is 30.2 Å². The third-order valence-corrected chi connectivity index (χ3v) is 18.0. The number of carbonyl (C=O) groups is 4. The predicted molar refractivity (Wildman–Crippen MR) is 245 cm³/mol. The molecule has 8 bridgehead atoms. The van der Waals surface area contributed by atoms with E-state index in [-0.39, 0.29) is 24.3 Å². The lowest BCUT2D eigenvalue weighted by molar-refractivity contribution is -0.151. The maximum atomic E-state index is 13.4. The van der Waals surface area contributed by atoms with Crippen molar-refractivity contribution in [1.29, 1.82) is 0 Å². The Balaban J connectivity index is 0.000000160. The second-order valence-corrected chi connectivity index (χ2v) is 22.2. The smallest absolute Gasteiger partial charge is 0.334 e. The first-order valence-electron chi connectivity index (χ1n) is 24.0. The highest BCUT2D eigenvalue weighted by Crippen LogP contribution is 2.55. The minimum atomic E-state index is -0.957. The SMILES string of the molecule is CCCSc1nc(N2CCOC(C(=O)O)C2)ccc1C(=O)NC1C2CC3CC(C2)CC1C3.CCCSc1nc(N2CC[C@H](C(=O)O)C2)ccc1C(=O)NC1C2CC3CC(C2)CC1C3. The van der Waals surface area contributed by atoms with E-state index >= 15 is 0 Å². The highest BCUT2D eigenvalue weighted by Gasteiger charge is 2.50. The summed E-state index contributed by atoms with van der Waals surface area (Å²) < 4.78 is 5.34. The molecule has 8 saturated carbocycles. The standard InChI is InChI=1S/C24H33N3O4S.C24H33N3O3S/c1-2-7-32-23-18(3-4-20(25-23)27-5-6-31-19(13-27)24(29)30)22(28)26-21-16-9-14-8-15(11-16)12-17(21)10-14;1-2-7-31-23-19(3-4-20(25-23)27-6-5-16(13-27)24(29)30)22(28)26-21-17-9-14-8-15(11-17)12-18(21)10-14/h3-4,14-17,19,21H,2,5-13H2,1H3,(H,26,28)(H,29,30);3-4,14-18,21H,2,5-13H2,1H3,(H,26,28)(H,29,30)/t;14?,15?,16-,17?,18?,21?/m.0/s1. The fourth-order valence-electron chi connectivity index (χ4n) is 13.1. The van der Waals surface area contributed by atoms with Crippen LogP contribution < -0.4 is 20.4 Å². The maximum Gasteiger partial charge on any atom is 0.334 e. The number of aromatic nitrogens is 2. The fourth-order valence-corrected chi connectivity index (χ4v) is 14.9. The van der Waals surface area contributed by atoms with E-state index in [4.69, 9.17) is 14.7 Å². The molecule has 15 heteroatoms. The van der Waals surface area contributed by atoms with Gasteiger partial charge in [-0.25, -0.2) is 14.8 Å². The molecule has 2 saturated heterocycles. The molecule has 10 fully saturated rings. The number of aliphatic carboxylic acids is 2. The van der Waals surface area contributed by atoms with Crippen molar-refractivity contribution in [3.05, 3.63) is 35.4 Å². The summed E-state index contributed by atoms with van der Waals surface area (Å²) in [6.07, 6.45) is 14.8. The van der Waals surface area contributed by atoms with Gasteiger partial charge in [-0.15, -0.1) is 23.5 Å². The number of ether oxygens (including phenoxy) is 1. The first kappa shape index (κ1) is 44.6. The van der Waals surface area contributed by atoms with Crippen molar-refractivity contribution in [1.82, 2.24) is 20.6 Å². The molecule has 0 spiro atoms. The molecule has 2 aromatic heterocycles. The highest BCUT2D eigenvalue weighted by molar-refractivity contribution is 7.99. The van der Waals surface area contributed by atoms with E-state index in [1.807, 2.05) is 34.1 Å². The number of carbonyl (C=O) groups excluding carboxylic acids is 2. The van der Waals surface area contributed by atoms with Gasteiger partial charge in [0.15, 0.2) is 6.10 Å². The van der Waals surface area contributed by atoms with Crippen LogP contribution in [0.25, 0.3) is 0 Å². The van der Waals surface area contributed by atoms with E-state index in [0.29, 0.717) is 85.4 Å². The molecule has 2 atom stereocenters. The molecule has 12 rings (SSSR count). The van der Waals surface area contributed by atoms with Gasteiger partial charge in [-0.05, 0) is 167 Å². The number of carboxylic acids is 2. The number of morpholine rings is 1. The Morgan fingerprint density at radius 2 is 1.08 bits per heavy atom. The quantitative estimate of drug-likeness (QED) is 0.138. The molecule has 63 heavy (non-hydrogen) atoms. The third-order valence-electron chi connectivity index (χ3n) is 15.6. The fraction of sp³-hybridized carbons (Fsp3) is 0.708. The van der Waals surface area contributed by atoms with Crippen LogP contribution >= 0.6 is 23.5 Å². The summed E-state index contributed by atoms with van der Waals surface area (Å²) in [6.45, 7) is 6.63. The number of rotatable bonds is 14. The average Bonchev–Trinajstić information content (AvgIpc) is 3.78. The second kappa shape index (κ2) is 19.5. The Bertz CT molecular complexity index is 1960. The van der Waals surface area contributed by atoms with Gasteiger partial charge in [-0.1, -0.05) is 13.8 Å². The van der Waals surface area contributed by atoms with Crippen molar-refractivity contribution in [3.8, 4) is 0 Å². The van der Waals surface area contributed by atoms with E-state index in [1.54, 1.807) is 23.5 Å². The van der Waals surface area contributed by atoms with E-state index in [2.05, 4.69) is 24.5 Å². The Morgan fingerprint density at radius 1 is 0.635 bits per heavy atom. The molecule has 2 aromatic rings. The van der Waals surface area contributed by atoms with Gasteiger partial charge in [0.1, 0.15) is 21.7 Å². The zero-order chi connectivity index (χ0) is 43.8. The molecule has 8 aliphatic carbocycles. The molecule has 4 N–H and O–H groups in total. The zero-order valence-electron chi connectivity index (χ0n) is 36.9. The van der Waals surface area contributed by atoms with Crippen LogP contribution in [0.1, 0.15) is 118 Å². The monoisotopic (exact) mass is 902 g/mol. The molecule has 0 radical (unpaired) electrons. The molecule has 342 valence electrons. The summed E-state index contributed by atoms with van der Waals surface area (Å²) in [7, 11) is 0. The number of anilines is 2. The Morgan fingerprint density at radius 3 is 1.48 bits per heavy atom. The number of pyridine rings is 2. The van der Waals surface area contributed by atoms with Gasteiger partial charge >= 0.3 is 11.9 Å². The van der Waals surface area contributed by atoms with Crippen molar-refractivity contribution in [2.24, 2.45) is 53.3 Å². The summed E-state index contributed by atoms with van der Waals surface area (Å²) in [6, 6.07) is 8.14. The highest BCUT2D eigenvalue weighted by atomic mass is 32.2. The van der Waals surface area contributed by atoms with Crippen LogP contribution in [-0.4, -0.2) is 106 Å². The van der Waals surface area contributed by atoms with Crippen LogP contribution in [0.15, 0.2) is 34.3 Å². The topological polar surface area (TPSA) is 174 Å². The molecule has 13 nitrogen and oxygen atoms in total. The van der Waals surface area contributed by atoms with Crippen LogP contribution in [-0.2, 0) is 14.3 Å². The number of thioether (sulfide) groups is 2. The van der Waals surface area contributed by atoms with E-state index in [1.165, 1.54) is 64.2 Å². The molecule has 1 unspecified atom stereocenters. The number of hydrogen-bond donors (Lipinski definition) is 4. The van der Waals surface area contributed by atoms with Crippen molar-refractivity contribution >= 4 is 58.9 Å². The van der Waals surface area contributed by atoms with E-state index < -0.39 is 18.0 Å². The van der Waals surface area contributed by atoms with Gasteiger partial charge in [0.25, 0.3) is 11.8 Å². The van der Waals surface area contributed by atoms with Crippen LogP contribution in [0, 0.1) is 53.3 Å². The summed E-state index contributed by atoms with van der Waals surface area (Å²) >= 11 is 3.24. The summed E-state index contributed by atoms with van der Waals surface area (Å²) in [4.78, 5) is 63.0. The lowest BCUT2D eigenvalue weighted by Gasteiger charge is -2.54. The van der Waals surface area contributed by atoms with Crippen molar-refractivity contribution in [3.63, 3.8) is 0 Å². The van der Waals surface area contributed by atoms with Crippen molar-refractivity contribution < 1.29 is 34.1 Å². The van der Waals surface area contributed by atoms with Gasteiger partial charge < -0.3 is 35.4 Å². The number of nitrogens with zero attached hydrogens (tertiary/aromatic N) is 4. The maximum absolute atomic E-state index is 13.4. The number of amides is 2. The molecule has 2 amide bonds. The second-order valence-electron chi connectivity index (χ2n) is 20.0. The van der Waals surface area contributed by atoms with Gasteiger partial charge in [0, 0.05) is 31.7 Å². The molecule has 2 aliphatic heterocycles. The third kappa shape index (κ3) is 9.86. The minimum Gasteiger partial charge on any atom is -0.481 e. The van der Waals surface area contributed by atoms with Gasteiger partial charge in [0.2, 0.25) is 0 Å². The van der Waals surface area contributed by atoms with Crippen LogP contribution in [0.5, 0.6) is 0 Å². The summed E-state index contributed by atoms with van der Waals surface area (Å²) in [5.74, 6) is 7.37. The molecular formula is C48H66N6O7S2. The lowest BCUT2D eigenvalue weighted by atomic mass is 9.54. The number of nitrogens with one attached hydrogen (secondary N) is 2. The van der Waals surface area contributed by atoms with Gasteiger partial charge in [-0.3, -0.25) is 14.4 Å². The molecule has 10 aliphatic rings. The normalized spacial score (nSPS) is 33.5. The Kier molecular flexibility index (Phi) is 13.8. The minimum absolute atomic E-state index is 0.00878. The van der Waals surface area contributed by atoms with E-state index in [9.17, 15) is 29.4 Å². The number of hydrogen-bond acceptors (Lipinski definition) is 11. The average molecular weight is 903 g/mol. The summed E-state index contributed by atoms with van der Waals surface area (Å²) in [5, 5.41) is 27.0. The zero-order valence-corrected chi connectivity index (χ0v) is 38.6. The molecular weight excluding hydrogens is 837 g/mol. The first-order valence-corrected chi connectivity index (χ1v) is 26.0. The van der Waals surface area contributed by atoms with Gasteiger partial charge in [-0.2, -0.15) is 0 Å². The van der Waals surface area contributed by atoms with Crippen LogP contribution in [0.4, 0.5) is 11.6 Å². The Labute approximate surface area is 380 Å². The molecule has 4 heterocycles. The van der Waals surface area contributed by atoms with E-state index in [0.717, 1.165) is 63.9 Å². The van der Waals surface area contributed by atoms with Crippen molar-refractivity contribution in [2.45, 2.75) is 126 Å². The molecule has 0 aromatic carbocycles. The van der Waals surface area contributed by atoms with Crippen LogP contribution in [0.3, 0.4) is 0 Å². The predicted octanol–water partition coefficient (Wildman–Crippen LogP) is 7.48. The largest absolute Gasteiger partial charge is 0.481 e.